The van der Waals surface area contributed by atoms with Gasteiger partial charge in [-0.3, -0.25) is 9.79 Å². The van der Waals surface area contributed by atoms with Crippen molar-refractivity contribution < 1.29 is 4.79 Å². The van der Waals surface area contributed by atoms with Crippen LogP contribution in [0.4, 0.5) is 5.69 Å². The van der Waals surface area contributed by atoms with Gasteiger partial charge >= 0.3 is 0 Å². The minimum Gasteiger partial charge on any atom is -0.344 e. The molecule has 1 aromatic carbocycles. The molecule has 0 saturated heterocycles. The summed E-state index contributed by atoms with van der Waals surface area (Å²) < 4.78 is 0. The highest BCUT2D eigenvalue weighted by molar-refractivity contribution is 7.14. The number of nitrogens with two attached hydrogens (primary N) is 1. The largest absolute Gasteiger partial charge is 0.344 e. The van der Waals surface area contributed by atoms with Crippen LogP contribution in [0.15, 0.2) is 52.6 Å². The van der Waals surface area contributed by atoms with E-state index in [9.17, 15) is 4.79 Å². The van der Waals surface area contributed by atoms with Gasteiger partial charge in [0.05, 0.1) is 12.8 Å². The lowest BCUT2D eigenvalue weighted by molar-refractivity contribution is -0.114. The van der Waals surface area contributed by atoms with Crippen LogP contribution in [0.25, 0.3) is 10.6 Å². The van der Waals surface area contributed by atoms with Crippen LogP contribution in [-0.4, -0.2) is 33.0 Å². The first-order chi connectivity index (χ1) is 13.6. The summed E-state index contributed by atoms with van der Waals surface area (Å²) >= 11 is 7.41. The van der Waals surface area contributed by atoms with E-state index in [1.54, 1.807) is 12.1 Å². The molecule has 0 radical (unpaired) electrons. The Morgan fingerprint density at radius 2 is 2.04 bits per heavy atom. The van der Waals surface area contributed by atoms with Crippen LogP contribution in [0.2, 0.25) is 5.15 Å². The Balaban J connectivity index is 1.62. The lowest BCUT2D eigenvalue weighted by Gasteiger charge is -2.02. The monoisotopic (exact) mass is 413 g/mol. The minimum atomic E-state index is -0.487. The third-order valence-electron chi connectivity index (χ3n) is 3.55. The molecule has 0 unspecified atom stereocenters. The number of halogens is 1. The molecular formula is C18H16ClN7OS. The quantitative estimate of drug-likeness (QED) is 0.279. The molecular weight excluding hydrogens is 398 g/mol. The number of aryl methyl sites for hydroxylation is 1. The second-order valence-corrected chi connectivity index (χ2v) is 7.00. The lowest BCUT2D eigenvalue weighted by atomic mass is 10.2. The molecule has 10 heteroatoms. The second-order valence-electron chi connectivity index (χ2n) is 5.58. The van der Waals surface area contributed by atoms with E-state index in [1.807, 2.05) is 37.3 Å². The number of aliphatic imine (C=N–C) groups is 1. The summed E-state index contributed by atoms with van der Waals surface area (Å²) in [4.78, 5) is 20.5. The van der Waals surface area contributed by atoms with Crippen LogP contribution in [0.1, 0.15) is 10.7 Å². The van der Waals surface area contributed by atoms with Crippen molar-refractivity contribution in [3.63, 3.8) is 0 Å². The number of carbonyl (C=O) groups is 1. The molecule has 0 spiro atoms. The third-order valence-corrected chi connectivity index (χ3v) is 4.80. The van der Waals surface area contributed by atoms with E-state index in [1.165, 1.54) is 17.6 Å². The molecule has 28 heavy (non-hydrogen) atoms. The standard InChI is InChI=1S/C18H16ClN7OS/c1-11-7-8-13(16(19)23-11)21-9-14(24-20)17(27)22-10-15-25-26-18(28-15)12-5-3-2-4-6-12/h2-9H,10,20H2,1H3,(H,22,27)/b21-9?,24-14+. The van der Waals surface area contributed by atoms with E-state index < -0.39 is 5.91 Å². The van der Waals surface area contributed by atoms with Crippen LogP contribution in [0.3, 0.4) is 0 Å². The van der Waals surface area contributed by atoms with E-state index in [-0.39, 0.29) is 17.4 Å². The minimum absolute atomic E-state index is 0.0514. The molecule has 0 atom stereocenters. The highest BCUT2D eigenvalue weighted by Crippen LogP contribution is 2.23. The molecule has 0 aliphatic heterocycles. The zero-order chi connectivity index (χ0) is 19.9. The van der Waals surface area contributed by atoms with Crippen molar-refractivity contribution in [3.8, 4) is 10.6 Å². The fourth-order valence-electron chi connectivity index (χ4n) is 2.16. The molecule has 8 nitrogen and oxygen atoms in total. The van der Waals surface area contributed by atoms with Gasteiger partial charge in [0, 0.05) is 11.3 Å². The average molecular weight is 414 g/mol. The third kappa shape index (κ3) is 4.96. The molecule has 0 saturated carbocycles. The van der Waals surface area contributed by atoms with Gasteiger partial charge < -0.3 is 11.2 Å². The van der Waals surface area contributed by atoms with E-state index in [4.69, 9.17) is 17.4 Å². The molecule has 0 aliphatic carbocycles. The van der Waals surface area contributed by atoms with Crippen LogP contribution in [-0.2, 0) is 11.3 Å². The van der Waals surface area contributed by atoms with Gasteiger partial charge in [0.2, 0.25) is 0 Å². The number of hydrogen-bond donors (Lipinski definition) is 2. The number of carbonyl (C=O) groups excluding carboxylic acids is 1. The Hall–Kier alpha value is -3.17. The smallest absolute Gasteiger partial charge is 0.273 e. The Bertz CT molecular complexity index is 1030. The molecule has 142 valence electrons. The number of pyridine rings is 1. The zero-order valence-electron chi connectivity index (χ0n) is 14.8. The van der Waals surface area contributed by atoms with Gasteiger partial charge in [-0.2, -0.15) is 5.10 Å². The molecule has 3 aromatic rings. The van der Waals surface area contributed by atoms with Gasteiger partial charge in [0.25, 0.3) is 5.91 Å². The number of benzene rings is 1. The molecule has 3 N–H and O–H groups in total. The Morgan fingerprint density at radius 1 is 1.25 bits per heavy atom. The van der Waals surface area contributed by atoms with Crippen molar-refractivity contribution >= 4 is 46.5 Å². The number of nitrogens with zero attached hydrogens (tertiary/aromatic N) is 5. The summed E-state index contributed by atoms with van der Waals surface area (Å²) in [6.07, 6.45) is 1.24. The molecule has 2 heterocycles. The molecule has 0 bridgehead atoms. The SMILES string of the molecule is Cc1ccc(N=C/C(=N\N)C(=O)NCc2nnc(-c3ccccc3)s2)c(Cl)n1. The van der Waals surface area contributed by atoms with Crippen molar-refractivity contribution in [2.75, 3.05) is 0 Å². The molecule has 3 rings (SSSR count). The predicted molar refractivity (Wildman–Crippen MR) is 111 cm³/mol. The molecule has 0 fully saturated rings. The summed E-state index contributed by atoms with van der Waals surface area (Å²) in [6.45, 7) is 2.01. The summed E-state index contributed by atoms with van der Waals surface area (Å²) in [5.41, 5.74) is 2.10. The molecule has 2 aromatic heterocycles. The van der Waals surface area contributed by atoms with Crippen molar-refractivity contribution in [3.05, 3.63) is 58.3 Å². The van der Waals surface area contributed by atoms with Gasteiger partial charge in [0.15, 0.2) is 10.9 Å². The fraction of sp³-hybridized carbons (Fsp3) is 0.111. The fourth-order valence-corrected chi connectivity index (χ4v) is 3.19. The van der Waals surface area contributed by atoms with Crippen molar-refractivity contribution in [2.45, 2.75) is 13.5 Å². The maximum Gasteiger partial charge on any atom is 0.273 e. The maximum absolute atomic E-state index is 12.3. The van der Waals surface area contributed by atoms with Crippen LogP contribution in [0.5, 0.6) is 0 Å². The van der Waals surface area contributed by atoms with Gasteiger partial charge in [-0.05, 0) is 19.1 Å². The van der Waals surface area contributed by atoms with Gasteiger partial charge in [0.1, 0.15) is 15.7 Å². The van der Waals surface area contributed by atoms with Crippen LogP contribution in [0, 0.1) is 6.92 Å². The van der Waals surface area contributed by atoms with Crippen molar-refractivity contribution in [1.82, 2.24) is 20.5 Å². The van der Waals surface area contributed by atoms with E-state index in [0.29, 0.717) is 10.7 Å². The first kappa shape index (κ1) is 19.6. The van der Waals surface area contributed by atoms with Gasteiger partial charge in [-0.1, -0.05) is 53.3 Å². The number of nitrogens with one attached hydrogen (secondary N) is 1. The Labute approximate surface area is 170 Å². The summed E-state index contributed by atoms with van der Waals surface area (Å²) in [6, 6.07) is 13.1. The number of hydrazone groups is 1. The Morgan fingerprint density at radius 3 is 2.75 bits per heavy atom. The van der Waals surface area contributed by atoms with Crippen molar-refractivity contribution in [1.29, 1.82) is 0 Å². The lowest BCUT2D eigenvalue weighted by Crippen LogP contribution is -2.32. The Kier molecular flexibility index (Phi) is 6.41. The van der Waals surface area contributed by atoms with Gasteiger partial charge in [-0.25, -0.2) is 4.98 Å². The molecule has 1 amide bonds. The number of rotatable bonds is 6. The zero-order valence-corrected chi connectivity index (χ0v) is 16.4. The average Bonchev–Trinajstić information content (AvgIpc) is 3.18. The summed E-state index contributed by atoms with van der Waals surface area (Å²) in [7, 11) is 0. The van der Waals surface area contributed by atoms with E-state index >= 15 is 0 Å². The van der Waals surface area contributed by atoms with Crippen LogP contribution >= 0.6 is 22.9 Å². The molecule has 0 aliphatic rings. The normalized spacial score (nSPS) is 11.7. The van der Waals surface area contributed by atoms with Gasteiger partial charge in [-0.15, -0.1) is 10.2 Å². The number of aromatic nitrogens is 3. The highest BCUT2D eigenvalue weighted by atomic mass is 35.5. The number of hydrogen-bond acceptors (Lipinski definition) is 8. The predicted octanol–water partition coefficient (Wildman–Crippen LogP) is 2.90. The highest BCUT2D eigenvalue weighted by Gasteiger charge is 2.12. The number of amides is 1. The summed E-state index contributed by atoms with van der Waals surface area (Å²) in [5, 5.41) is 16.1. The van der Waals surface area contributed by atoms with E-state index in [0.717, 1.165) is 16.3 Å². The summed E-state index contributed by atoms with van der Waals surface area (Å²) in [5.74, 6) is 4.82. The second kappa shape index (κ2) is 9.16. The maximum atomic E-state index is 12.3. The first-order valence-corrected chi connectivity index (χ1v) is 9.37. The van der Waals surface area contributed by atoms with Crippen LogP contribution < -0.4 is 11.2 Å². The van der Waals surface area contributed by atoms with Crippen molar-refractivity contribution in [2.24, 2.45) is 15.9 Å². The van der Waals surface area contributed by atoms with E-state index in [2.05, 4.69) is 30.6 Å². The first-order valence-electron chi connectivity index (χ1n) is 8.18. The topological polar surface area (TPSA) is 119 Å².